The van der Waals surface area contributed by atoms with E-state index in [4.69, 9.17) is 5.73 Å². The van der Waals surface area contributed by atoms with Gasteiger partial charge < -0.3 is 10.6 Å². The molecule has 0 saturated carbocycles. The summed E-state index contributed by atoms with van der Waals surface area (Å²) in [6.45, 7) is 0.615. The van der Waals surface area contributed by atoms with Gasteiger partial charge in [-0.05, 0) is 42.8 Å². The molecule has 1 amide bonds. The molecule has 1 aromatic carbocycles. The molecule has 2 rings (SSSR count). The molecule has 1 aromatic heterocycles. The molecule has 0 aliphatic rings. The lowest BCUT2D eigenvalue weighted by Crippen LogP contribution is -2.26. The van der Waals surface area contributed by atoms with Gasteiger partial charge in [-0.3, -0.25) is 9.78 Å². The smallest absolute Gasteiger partial charge is 0.258 e. The molecule has 98 valence electrons. The van der Waals surface area contributed by atoms with Crippen LogP contribution in [0.3, 0.4) is 0 Å². The number of hydrogen-bond donors (Lipinski definition) is 1. The van der Waals surface area contributed by atoms with Crippen LogP contribution < -0.4 is 10.6 Å². The van der Waals surface area contributed by atoms with E-state index in [1.807, 2.05) is 24.3 Å². The monoisotopic (exact) mass is 255 g/mol. The summed E-state index contributed by atoms with van der Waals surface area (Å²) in [6, 6.07) is 11.2. The number of hydrogen-bond acceptors (Lipinski definition) is 3. The second-order valence-corrected chi connectivity index (χ2v) is 4.31. The largest absolute Gasteiger partial charge is 0.330 e. The first-order chi connectivity index (χ1) is 9.22. The number of nitrogens with zero attached hydrogens (tertiary/aromatic N) is 2. The Kier molecular flexibility index (Phi) is 4.26. The minimum absolute atomic E-state index is 0.0366. The third kappa shape index (κ3) is 3.17. The predicted octanol–water partition coefficient (Wildman–Crippen LogP) is 1.86. The van der Waals surface area contributed by atoms with Crippen LogP contribution in [0.15, 0.2) is 48.8 Å². The van der Waals surface area contributed by atoms with E-state index in [0.29, 0.717) is 12.1 Å². The van der Waals surface area contributed by atoms with Crippen LogP contribution in [0.2, 0.25) is 0 Å². The molecule has 1 heterocycles. The number of aromatic nitrogens is 1. The van der Waals surface area contributed by atoms with E-state index in [1.165, 1.54) is 0 Å². The van der Waals surface area contributed by atoms with Crippen LogP contribution in [0.25, 0.3) is 0 Å². The zero-order valence-electron chi connectivity index (χ0n) is 10.9. The predicted molar refractivity (Wildman–Crippen MR) is 76.2 cm³/mol. The standard InChI is InChI=1S/C15H17N3O/c1-18(14-7-10-17-11-8-14)15(19)13-4-2-12(3-5-13)6-9-16/h2-5,7-8,10-11H,6,9,16H2,1H3. The van der Waals surface area contributed by atoms with Crippen LogP contribution in [0.4, 0.5) is 5.69 Å². The zero-order valence-corrected chi connectivity index (χ0v) is 10.9. The first-order valence-corrected chi connectivity index (χ1v) is 6.19. The Labute approximate surface area is 112 Å². The van der Waals surface area contributed by atoms with E-state index < -0.39 is 0 Å². The molecule has 4 heteroatoms. The Bertz CT molecular complexity index is 537. The van der Waals surface area contributed by atoms with Crippen molar-refractivity contribution >= 4 is 11.6 Å². The Balaban J connectivity index is 2.15. The van der Waals surface area contributed by atoms with Crippen molar-refractivity contribution < 1.29 is 4.79 Å². The molecule has 0 fully saturated rings. The van der Waals surface area contributed by atoms with Gasteiger partial charge in [0.2, 0.25) is 0 Å². The van der Waals surface area contributed by atoms with Gasteiger partial charge in [0.1, 0.15) is 0 Å². The lowest BCUT2D eigenvalue weighted by atomic mass is 10.1. The molecule has 0 aliphatic carbocycles. The Morgan fingerprint density at radius 2 is 1.79 bits per heavy atom. The van der Waals surface area contributed by atoms with Gasteiger partial charge in [0.15, 0.2) is 0 Å². The van der Waals surface area contributed by atoms with Crippen LogP contribution in [0.5, 0.6) is 0 Å². The summed E-state index contributed by atoms with van der Waals surface area (Å²) < 4.78 is 0. The first kappa shape index (κ1) is 13.2. The summed E-state index contributed by atoms with van der Waals surface area (Å²) in [7, 11) is 1.76. The van der Waals surface area contributed by atoms with Gasteiger partial charge in [-0.2, -0.15) is 0 Å². The zero-order chi connectivity index (χ0) is 13.7. The fourth-order valence-electron chi connectivity index (χ4n) is 1.86. The van der Waals surface area contributed by atoms with Gasteiger partial charge in [0, 0.05) is 30.7 Å². The highest BCUT2D eigenvalue weighted by Crippen LogP contribution is 2.14. The number of pyridine rings is 1. The molecule has 0 bridgehead atoms. The number of benzene rings is 1. The van der Waals surface area contributed by atoms with Crippen LogP contribution in [0, 0.1) is 0 Å². The molecule has 0 atom stereocenters. The van der Waals surface area contributed by atoms with E-state index in [-0.39, 0.29) is 5.91 Å². The van der Waals surface area contributed by atoms with E-state index in [0.717, 1.165) is 17.7 Å². The van der Waals surface area contributed by atoms with Crippen molar-refractivity contribution in [3.05, 3.63) is 59.9 Å². The fraction of sp³-hybridized carbons (Fsp3) is 0.200. The maximum Gasteiger partial charge on any atom is 0.258 e. The van der Waals surface area contributed by atoms with Crippen LogP contribution in [0.1, 0.15) is 15.9 Å². The molecule has 19 heavy (non-hydrogen) atoms. The van der Waals surface area contributed by atoms with Crippen molar-refractivity contribution in [1.82, 2.24) is 4.98 Å². The van der Waals surface area contributed by atoms with Crippen molar-refractivity contribution in [2.75, 3.05) is 18.5 Å². The average molecular weight is 255 g/mol. The number of rotatable bonds is 4. The number of amides is 1. The lowest BCUT2D eigenvalue weighted by Gasteiger charge is -2.17. The maximum atomic E-state index is 12.3. The number of carbonyl (C=O) groups excluding carboxylic acids is 1. The highest BCUT2D eigenvalue weighted by atomic mass is 16.2. The summed E-state index contributed by atoms with van der Waals surface area (Å²) in [6.07, 6.45) is 4.17. The average Bonchev–Trinajstić information content (AvgIpc) is 2.48. The summed E-state index contributed by atoms with van der Waals surface area (Å²) in [5, 5.41) is 0. The summed E-state index contributed by atoms with van der Waals surface area (Å²) >= 11 is 0. The lowest BCUT2D eigenvalue weighted by molar-refractivity contribution is 0.0993. The topological polar surface area (TPSA) is 59.2 Å². The molecule has 0 radical (unpaired) electrons. The second-order valence-electron chi connectivity index (χ2n) is 4.31. The van der Waals surface area contributed by atoms with Gasteiger partial charge in [-0.1, -0.05) is 12.1 Å². The highest BCUT2D eigenvalue weighted by Gasteiger charge is 2.12. The number of anilines is 1. The highest BCUT2D eigenvalue weighted by molar-refractivity contribution is 6.05. The first-order valence-electron chi connectivity index (χ1n) is 6.19. The number of carbonyl (C=O) groups is 1. The van der Waals surface area contributed by atoms with E-state index >= 15 is 0 Å². The molecule has 0 saturated heterocycles. The molecule has 0 aliphatic heterocycles. The van der Waals surface area contributed by atoms with Crippen molar-refractivity contribution in [2.45, 2.75) is 6.42 Å². The molecule has 2 aromatic rings. The van der Waals surface area contributed by atoms with Gasteiger partial charge in [0.25, 0.3) is 5.91 Å². The van der Waals surface area contributed by atoms with Crippen LogP contribution >= 0.6 is 0 Å². The Hall–Kier alpha value is -2.20. The molecular formula is C15H17N3O. The Morgan fingerprint density at radius 3 is 2.37 bits per heavy atom. The van der Waals surface area contributed by atoms with Crippen molar-refractivity contribution in [3.8, 4) is 0 Å². The summed E-state index contributed by atoms with van der Waals surface area (Å²) in [5.74, 6) is -0.0366. The third-order valence-corrected chi connectivity index (χ3v) is 2.99. The van der Waals surface area contributed by atoms with Gasteiger partial charge in [-0.25, -0.2) is 0 Å². The quantitative estimate of drug-likeness (QED) is 0.907. The minimum atomic E-state index is -0.0366. The van der Waals surface area contributed by atoms with Gasteiger partial charge in [-0.15, -0.1) is 0 Å². The summed E-state index contributed by atoms with van der Waals surface area (Å²) in [4.78, 5) is 17.8. The van der Waals surface area contributed by atoms with E-state index in [1.54, 1.807) is 36.5 Å². The maximum absolute atomic E-state index is 12.3. The van der Waals surface area contributed by atoms with Crippen LogP contribution in [-0.2, 0) is 6.42 Å². The molecular weight excluding hydrogens is 238 g/mol. The molecule has 2 N–H and O–H groups in total. The van der Waals surface area contributed by atoms with Crippen molar-refractivity contribution in [2.24, 2.45) is 5.73 Å². The summed E-state index contributed by atoms with van der Waals surface area (Å²) in [5.41, 5.74) is 8.14. The normalized spacial score (nSPS) is 10.2. The number of nitrogens with two attached hydrogens (primary N) is 1. The Morgan fingerprint density at radius 1 is 1.16 bits per heavy atom. The second kappa shape index (κ2) is 6.11. The van der Waals surface area contributed by atoms with Crippen molar-refractivity contribution in [1.29, 1.82) is 0 Å². The molecule has 0 unspecified atom stereocenters. The van der Waals surface area contributed by atoms with Crippen LogP contribution in [-0.4, -0.2) is 24.5 Å². The van der Waals surface area contributed by atoms with Gasteiger partial charge >= 0.3 is 0 Å². The minimum Gasteiger partial charge on any atom is -0.330 e. The van der Waals surface area contributed by atoms with Gasteiger partial charge in [0.05, 0.1) is 0 Å². The molecule has 4 nitrogen and oxygen atoms in total. The SMILES string of the molecule is CN(C(=O)c1ccc(CCN)cc1)c1ccncc1. The third-order valence-electron chi connectivity index (χ3n) is 2.99. The fourth-order valence-corrected chi connectivity index (χ4v) is 1.86. The molecule has 0 spiro atoms. The van der Waals surface area contributed by atoms with Crippen molar-refractivity contribution in [3.63, 3.8) is 0 Å². The van der Waals surface area contributed by atoms with E-state index in [9.17, 15) is 4.79 Å². The van der Waals surface area contributed by atoms with E-state index in [2.05, 4.69) is 4.98 Å².